The van der Waals surface area contributed by atoms with Crippen molar-refractivity contribution >= 4 is 17.7 Å². The minimum Gasteiger partial charge on any atom is -0.369 e. The molecule has 0 aliphatic carbocycles. The summed E-state index contributed by atoms with van der Waals surface area (Å²) in [6.45, 7) is 5.24. The summed E-state index contributed by atoms with van der Waals surface area (Å²) in [5.41, 5.74) is 6.40. The van der Waals surface area contributed by atoms with Gasteiger partial charge in [0.1, 0.15) is 0 Å². The third-order valence-electron chi connectivity index (χ3n) is 4.19. The van der Waals surface area contributed by atoms with E-state index in [0.717, 1.165) is 5.69 Å². The van der Waals surface area contributed by atoms with Gasteiger partial charge in [-0.05, 0) is 13.0 Å². The third-order valence-corrected chi connectivity index (χ3v) is 4.19. The summed E-state index contributed by atoms with van der Waals surface area (Å²) >= 11 is 0. The van der Waals surface area contributed by atoms with Gasteiger partial charge in [0.2, 0.25) is 17.7 Å². The van der Waals surface area contributed by atoms with Crippen molar-refractivity contribution in [2.45, 2.75) is 26.8 Å². The highest BCUT2D eigenvalue weighted by Gasteiger charge is 2.29. The summed E-state index contributed by atoms with van der Waals surface area (Å²) in [5, 5.41) is 4.15. The van der Waals surface area contributed by atoms with E-state index in [4.69, 9.17) is 5.73 Å². The number of aryl methyl sites for hydroxylation is 2. The molecule has 1 atom stereocenters. The topological polar surface area (TPSA) is 102 Å². The van der Waals surface area contributed by atoms with Gasteiger partial charge >= 0.3 is 0 Å². The van der Waals surface area contributed by atoms with Crippen LogP contribution in [0.25, 0.3) is 0 Å². The zero-order valence-electron chi connectivity index (χ0n) is 13.6. The van der Waals surface area contributed by atoms with Crippen LogP contribution in [0.3, 0.4) is 0 Å². The summed E-state index contributed by atoms with van der Waals surface area (Å²) in [5.74, 6) is -1.19. The molecule has 126 valence electrons. The second-order valence-electron chi connectivity index (χ2n) is 5.85. The van der Waals surface area contributed by atoms with E-state index in [2.05, 4.69) is 5.10 Å². The van der Waals surface area contributed by atoms with Crippen LogP contribution in [-0.4, -0.2) is 63.5 Å². The molecule has 0 spiro atoms. The Morgan fingerprint density at radius 2 is 1.91 bits per heavy atom. The number of aromatic nitrogens is 2. The molecule has 1 fully saturated rings. The van der Waals surface area contributed by atoms with E-state index >= 15 is 0 Å². The second-order valence-corrected chi connectivity index (χ2v) is 5.85. The molecule has 1 aliphatic heterocycles. The van der Waals surface area contributed by atoms with E-state index in [-0.39, 0.29) is 24.9 Å². The first-order valence-electron chi connectivity index (χ1n) is 7.69. The summed E-state index contributed by atoms with van der Waals surface area (Å²) in [4.78, 5) is 38.8. The molecule has 8 heteroatoms. The number of carbonyl (C=O) groups excluding carboxylic acids is 3. The number of nitrogens with zero attached hydrogens (tertiary/aromatic N) is 4. The largest absolute Gasteiger partial charge is 0.369 e. The van der Waals surface area contributed by atoms with Crippen LogP contribution in [0.15, 0.2) is 12.3 Å². The SMILES string of the molecule is CC(=O)N1CCN(C(=O)CCn2nccc2C)C[C@@H](C(N)=O)C1. The molecule has 2 rings (SSSR count). The molecular weight excluding hydrogens is 298 g/mol. The van der Waals surface area contributed by atoms with Crippen molar-refractivity contribution in [2.75, 3.05) is 26.2 Å². The van der Waals surface area contributed by atoms with Gasteiger partial charge in [-0.2, -0.15) is 5.10 Å². The second kappa shape index (κ2) is 7.26. The molecule has 0 radical (unpaired) electrons. The van der Waals surface area contributed by atoms with Gasteiger partial charge in [-0.1, -0.05) is 0 Å². The minimum absolute atomic E-state index is 0.0587. The molecule has 0 saturated carbocycles. The Morgan fingerprint density at radius 1 is 1.26 bits per heavy atom. The predicted octanol–water partition coefficient (Wildman–Crippen LogP) is -0.626. The van der Waals surface area contributed by atoms with Crippen molar-refractivity contribution in [1.29, 1.82) is 0 Å². The number of carbonyl (C=O) groups is 3. The maximum absolute atomic E-state index is 12.4. The van der Waals surface area contributed by atoms with Gasteiger partial charge in [-0.15, -0.1) is 0 Å². The van der Waals surface area contributed by atoms with Crippen LogP contribution in [0.5, 0.6) is 0 Å². The lowest BCUT2D eigenvalue weighted by atomic mass is 10.1. The Morgan fingerprint density at radius 3 is 2.48 bits per heavy atom. The van der Waals surface area contributed by atoms with E-state index < -0.39 is 11.8 Å². The molecule has 2 N–H and O–H groups in total. The van der Waals surface area contributed by atoms with Crippen LogP contribution >= 0.6 is 0 Å². The summed E-state index contributed by atoms with van der Waals surface area (Å²) in [6, 6.07) is 1.88. The maximum Gasteiger partial charge on any atom is 0.224 e. The van der Waals surface area contributed by atoms with E-state index in [1.165, 1.54) is 6.92 Å². The molecule has 23 heavy (non-hydrogen) atoms. The smallest absolute Gasteiger partial charge is 0.224 e. The molecule has 1 aliphatic rings. The molecule has 0 aromatic carbocycles. The van der Waals surface area contributed by atoms with Gasteiger partial charge in [0.05, 0.1) is 5.92 Å². The minimum atomic E-state index is -0.531. The Kier molecular flexibility index (Phi) is 5.36. The average molecular weight is 321 g/mol. The average Bonchev–Trinajstić information content (AvgIpc) is 2.76. The van der Waals surface area contributed by atoms with E-state index in [1.54, 1.807) is 20.7 Å². The quantitative estimate of drug-likeness (QED) is 0.798. The fraction of sp³-hybridized carbons (Fsp3) is 0.600. The molecule has 1 aromatic rings. The number of hydrogen-bond donors (Lipinski definition) is 1. The number of rotatable bonds is 4. The number of primary amides is 1. The molecule has 8 nitrogen and oxygen atoms in total. The van der Waals surface area contributed by atoms with Crippen molar-refractivity contribution in [1.82, 2.24) is 19.6 Å². The van der Waals surface area contributed by atoms with Crippen molar-refractivity contribution in [3.05, 3.63) is 18.0 Å². The summed E-state index contributed by atoms with van der Waals surface area (Å²) in [6.07, 6.45) is 1.99. The lowest BCUT2D eigenvalue weighted by Gasteiger charge is -2.22. The van der Waals surface area contributed by atoms with Crippen LogP contribution in [-0.2, 0) is 20.9 Å². The van der Waals surface area contributed by atoms with Gasteiger partial charge < -0.3 is 15.5 Å². The van der Waals surface area contributed by atoms with Gasteiger partial charge in [0.15, 0.2) is 0 Å². The van der Waals surface area contributed by atoms with Gasteiger partial charge in [-0.25, -0.2) is 0 Å². The van der Waals surface area contributed by atoms with Crippen molar-refractivity contribution in [3.63, 3.8) is 0 Å². The Hall–Kier alpha value is -2.38. The highest BCUT2D eigenvalue weighted by molar-refractivity contribution is 5.81. The lowest BCUT2D eigenvalue weighted by Crippen LogP contribution is -2.41. The first kappa shape index (κ1) is 17.0. The van der Waals surface area contributed by atoms with Crippen LogP contribution < -0.4 is 5.73 Å². The van der Waals surface area contributed by atoms with E-state index in [1.807, 2.05) is 13.0 Å². The molecule has 0 bridgehead atoms. The standard InChI is InChI=1S/C15H23N5O3/c1-11-3-5-17-20(11)6-4-14(22)19-8-7-18(12(2)21)9-13(10-19)15(16)23/h3,5,13H,4,6-10H2,1-2H3,(H2,16,23)/t13-/m0/s1. The van der Waals surface area contributed by atoms with Gasteiger partial charge in [0, 0.05) is 58.0 Å². The molecule has 1 aromatic heterocycles. The lowest BCUT2D eigenvalue weighted by molar-refractivity contribution is -0.133. The van der Waals surface area contributed by atoms with E-state index in [0.29, 0.717) is 26.1 Å². The Balaban J connectivity index is 1.99. The molecule has 2 heterocycles. The van der Waals surface area contributed by atoms with Crippen molar-refractivity contribution in [3.8, 4) is 0 Å². The molecule has 1 saturated heterocycles. The fourth-order valence-corrected chi connectivity index (χ4v) is 2.70. The number of amides is 3. The number of hydrogen-bond acceptors (Lipinski definition) is 4. The Bertz CT molecular complexity index is 598. The maximum atomic E-state index is 12.4. The third kappa shape index (κ3) is 4.30. The van der Waals surface area contributed by atoms with Crippen molar-refractivity contribution < 1.29 is 14.4 Å². The first-order valence-corrected chi connectivity index (χ1v) is 7.69. The molecular formula is C15H23N5O3. The Labute approximate surface area is 135 Å². The van der Waals surface area contributed by atoms with Gasteiger partial charge in [0.25, 0.3) is 0 Å². The molecule has 0 unspecified atom stereocenters. The highest BCUT2D eigenvalue weighted by atomic mass is 16.2. The normalized spacial score (nSPS) is 18.6. The van der Waals surface area contributed by atoms with Crippen molar-refractivity contribution in [2.24, 2.45) is 11.7 Å². The first-order chi connectivity index (χ1) is 10.9. The van der Waals surface area contributed by atoms with Crippen LogP contribution in [0.1, 0.15) is 19.0 Å². The van der Waals surface area contributed by atoms with Gasteiger partial charge in [-0.3, -0.25) is 19.1 Å². The van der Waals surface area contributed by atoms with Crippen LogP contribution in [0, 0.1) is 12.8 Å². The monoisotopic (exact) mass is 321 g/mol. The fourth-order valence-electron chi connectivity index (χ4n) is 2.70. The van der Waals surface area contributed by atoms with E-state index in [9.17, 15) is 14.4 Å². The van der Waals surface area contributed by atoms with Crippen LogP contribution in [0.4, 0.5) is 0 Å². The highest BCUT2D eigenvalue weighted by Crippen LogP contribution is 2.12. The molecule has 3 amide bonds. The summed E-state index contributed by atoms with van der Waals surface area (Å²) < 4.78 is 1.77. The zero-order valence-corrected chi connectivity index (χ0v) is 13.6. The van der Waals surface area contributed by atoms with Crippen LogP contribution in [0.2, 0.25) is 0 Å². The summed E-state index contributed by atoms with van der Waals surface area (Å²) in [7, 11) is 0. The predicted molar refractivity (Wildman–Crippen MR) is 83.1 cm³/mol. The number of nitrogens with two attached hydrogens (primary N) is 1. The zero-order chi connectivity index (χ0) is 17.0.